The average molecular weight is 288 g/mol. The number of nitrogens with zero attached hydrogens (tertiary/aromatic N) is 1. The van der Waals surface area contributed by atoms with Gasteiger partial charge in [-0.25, -0.2) is 0 Å². The topological polar surface area (TPSA) is 15.3 Å². The van der Waals surface area contributed by atoms with Crippen molar-refractivity contribution in [2.75, 3.05) is 13.6 Å². The lowest BCUT2D eigenvalue weighted by Crippen LogP contribution is -2.49. The summed E-state index contributed by atoms with van der Waals surface area (Å²) in [7, 11) is 2.10. The van der Waals surface area contributed by atoms with Crippen molar-refractivity contribution in [3.63, 3.8) is 0 Å². The standard InChI is InChI=1S/C19H32N2/c1-14(2)13-21(17-11-12-17)19(15(3)4)18(20-5)16-9-7-6-8-10-16/h6-10,14-15,17-20H,11-13H2,1-5H3. The van der Waals surface area contributed by atoms with Crippen LogP contribution < -0.4 is 5.32 Å². The van der Waals surface area contributed by atoms with Crippen LogP contribution in [0.2, 0.25) is 0 Å². The van der Waals surface area contributed by atoms with Gasteiger partial charge < -0.3 is 5.32 Å². The third-order valence-corrected chi connectivity index (χ3v) is 4.47. The Bertz CT molecular complexity index is 409. The van der Waals surface area contributed by atoms with Gasteiger partial charge in [-0.05, 0) is 37.3 Å². The van der Waals surface area contributed by atoms with Crippen molar-refractivity contribution in [2.45, 2.75) is 58.7 Å². The van der Waals surface area contributed by atoms with Crippen molar-refractivity contribution in [2.24, 2.45) is 11.8 Å². The van der Waals surface area contributed by atoms with Gasteiger partial charge in [-0.3, -0.25) is 4.90 Å². The first-order valence-corrected chi connectivity index (χ1v) is 8.52. The summed E-state index contributed by atoms with van der Waals surface area (Å²) < 4.78 is 0. The maximum Gasteiger partial charge on any atom is 0.0478 e. The molecule has 0 spiro atoms. The van der Waals surface area contributed by atoms with Gasteiger partial charge in [0.1, 0.15) is 0 Å². The first-order valence-electron chi connectivity index (χ1n) is 8.52. The van der Waals surface area contributed by atoms with Crippen LogP contribution in [0, 0.1) is 11.8 Å². The summed E-state index contributed by atoms with van der Waals surface area (Å²) in [5.74, 6) is 1.36. The van der Waals surface area contributed by atoms with Crippen LogP contribution in [0.4, 0.5) is 0 Å². The molecule has 2 rings (SSSR count). The Morgan fingerprint density at radius 1 is 1.10 bits per heavy atom. The fourth-order valence-corrected chi connectivity index (χ4v) is 3.50. The summed E-state index contributed by atoms with van der Waals surface area (Å²) in [5, 5.41) is 3.59. The highest BCUT2D eigenvalue weighted by molar-refractivity contribution is 5.21. The molecule has 0 aliphatic heterocycles. The molecule has 0 aromatic heterocycles. The summed E-state index contributed by atoms with van der Waals surface area (Å²) in [6.45, 7) is 10.6. The van der Waals surface area contributed by atoms with Gasteiger partial charge in [0.15, 0.2) is 0 Å². The summed E-state index contributed by atoms with van der Waals surface area (Å²) in [4.78, 5) is 2.78. The molecule has 118 valence electrons. The number of benzene rings is 1. The Kier molecular flexibility index (Phi) is 5.83. The number of likely N-dealkylation sites (N-methyl/N-ethyl adjacent to an activating group) is 1. The van der Waals surface area contributed by atoms with Crippen molar-refractivity contribution in [1.29, 1.82) is 0 Å². The van der Waals surface area contributed by atoms with E-state index in [9.17, 15) is 0 Å². The molecule has 0 saturated heterocycles. The Balaban J connectivity index is 2.26. The molecule has 1 saturated carbocycles. The van der Waals surface area contributed by atoms with Crippen molar-refractivity contribution in [1.82, 2.24) is 10.2 Å². The lowest BCUT2D eigenvalue weighted by Gasteiger charge is -2.41. The van der Waals surface area contributed by atoms with Crippen LogP contribution in [0.25, 0.3) is 0 Å². The van der Waals surface area contributed by atoms with Crippen molar-refractivity contribution in [3.8, 4) is 0 Å². The van der Waals surface area contributed by atoms with E-state index in [2.05, 4.69) is 75.3 Å². The van der Waals surface area contributed by atoms with Gasteiger partial charge >= 0.3 is 0 Å². The molecule has 1 aliphatic carbocycles. The van der Waals surface area contributed by atoms with Crippen molar-refractivity contribution < 1.29 is 0 Å². The SMILES string of the molecule is CNC(c1ccccc1)C(C(C)C)N(CC(C)C)C1CC1. The summed E-state index contributed by atoms with van der Waals surface area (Å²) in [6, 6.07) is 12.7. The minimum absolute atomic E-state index is 0.408. The van der Waals surface area contributed by atoms with Gasteiger partial charge in [-0.2, -0.15) is 0 Å². The molecule has 2 heteroatoms. The molecule has 0 bridgehead atoms. The van der Waals surface area contributed by atoms with Crippen LogP contribution in [0.3, 0.4) is 0 Å². The smallest absolute Gasteiger partial charge is 0.0478 e. The van der Waals surface area contributed by atoms with E-state index in [1.54, 1.807) is 0 Å². The molecule has 2 atom stereocenters. The van der Waals surface area contributed by atoms with Gasteiger partial charge in [0.05, 0.1) is 0 Å². The van der Waals surface area contributed by atoms with Crippen LogP contribution in [-0.2, 0) is 0 Å². The number of rotatable bonds is 8. The van der Waals surface area contributed by atoms with Crippen LogP contribution >= 0.6 is 0 Å². The first-order chi connectivity index (χ1) is 10.0. The highest BCUT2D eigenvalue weighted by Crippen LogP contribution is 2.36. The molecule has 1 aromatic rings. The molecular weight excluding hydrogens is 256 g/mol. The average Bonchev–Trinajstić information content (AvgIpc) is 3.27. The van der Waals surface area contributed by atoms with E-state index in [0.717, 1.165) is 12.0 Å². The monoisotopic (exact) mass is 288 g/mol. The van der Waals surface area contributed by atoms with Gasteiger partial charge in [0, 0.05) is 24.7 Å². The largest absolute Gasteiger partial charge is 0.312 e. The molecular formula is C19H32N2. The van der Waals surface area contributed by atoms with E-state index in [1.807, 2.05) is 0 Å². The molecule has 21 heavy (non-hydrogen) atoms. The maximum atomic E-state index is 3.59. The maximum absolute atomic E-state index is 3.59. The molecule has 1 N–H and O–H groups in total. The third kappa shape index (κ3) is 4.31. The van der Waals surface area contributed by atoms with Crippen molar-refractivity contribution in [3.05, 3.63) is 35.9 Å². The van der Waals surface area contributed by atoms with E-state index in [0.29, 0.717) is 18.0 Å². The Labute approximate surface area is 130 Å². The number of hydrogen-bond acceptors (Lipinski definition) is 2. The van der Waals surface area contributed by atoms with Gasteiger partial charge in [-0.15, -0.1) is 0 Å². The minimum atomic E-state index is 0.408. The second-order valence-corrected chi connectivity index (χ2v) is 7.23. The van der Waals surface area contributed by atoms with Crippen LogP contribution in [0.15, 0.2) is 30.3 Å². The van der Waals surface area contributed by atoms with E-state index >= 15 is 0 Å². The normalized spacial score (nSPS) is 18.5. The first kappa shape index (κ1) is 16.5. The zero-order valence-corrected chi connectivity index (χ0v) is 14.3. The molecule has 2 unspecified atom stereocenters. The fourth-order valence-electron chi connectivity index (χ4n) is 3.50. The van der Waals surface area contributed by atoms with E-state index in [4.69, 9.17) is 0 Å². The van der Waals surface area contributed by atoms with E-state index in [-0.39, 0.29) is 0 Å². The predicted octanol–water partition coefficient (Wildman–Crippen LogP) is 4.09. The van der Waals surface area contributed by atoms with Crippen LogP contribution in [0.5, 0.6) is 0 Å². The van der Waals surface area contributed by atoms with Gasteiger partial charge in [-0.1, -0.05) is 58.0 Å². The van der Waals surface area contributed by atoms with E-state index < -0.39 is 0 Å². The summed E-state index contributed by atoms with van der Waals surface area (Å²) in [5.41, 5.74) is 1.41. The van der Waals surface area contributed by atoms with Crippen LogP contribution in [0.1, 0.15) is 52.1 Å². The summed E-state index contributed by atoms with van der Waals surface area (Å²) in [6.07, 6.45) is 2.75. The highest BCUT2D eigenvalue weighted by Gasteiger charge is 2.39. The van der Waals surface area contributed by atoms with Gasteiger partial charge in [0.25, 0.3) is 0 Å². The van der Waals surface area contributed by atoms with E-state index in [1.165, 1.54) is 24.9 Å². The van der Waals surface area contributed by atoms with Crippen molar-refractivity contribution >= 4 is 0 Å². The third-order valence-electron chi connectivity index (χ3n) is 4.47. The second kappa shape index (κ2) is 7.42. The molecule has 2 nitrogen and oxygen atoms in total. The zero-order chi connectivity index (χ0) is 15.4. The Morgan fingerprint density at radius 3 is 2.14 bits per heavy atom. The molecule has 0 radical (unpaired) electrons. The quantitative estimate of drug-likeness (QED) is 0.775. The lowest BCUT2D eigenvalue weighted by molar-refractivity contribution is 0.0978. The molecule has 0 heterocycles. The predicted molar refractivity (Wildman–Crippen MR) is 91.4 cm³/mol. The van der Waals surface area contributed by atoms with Crippen LogP contribution in [-0.4, -0.2) is 30.6 Å². The Hall–Kier alpha value is -0.860. The highest BCUT2D eigenvalue weighted by atomic mass is 15.2. The lowest BCUT2D eigenvalue weighted by atomic mass is 9.89. The molecule has 1 aliphatic rings. The summed E-state index contributed by atoms with van der Waals surface area (Å²) >= 11 is 0. The minimum Gasteiger partial charge on any atom is -0.312 e. The van der Waals surface area contributed by atoms with Gasteiger partial charge in [0.2, 0.25) is 0 Å². The fraction of sp³-hybridized carbons (Fsp3) is 0.684. The number of nitrogens with one attached hydrogen (secondary N) is 1. The molecule has 1 aromatic carbocycles. The molecule has 1 fully saturated rings. The number of hydrogen-bond donors (Lipinski definition) is 1. The second-order valence-electron chi connectivity index (χ2n) is 7.23. The Morgan fingerprint density at radius 2 is 1.71 bits per heavy atom. The molecule has 0 amide bonds. The zero-order valence-electron chi connectivity index (χ0n) is 14.3.